The molecule has 0 saturated carbocycles. The van der Waals surface area contributed by atoms with E-state index in [1.807, 2.05) is 84.9 Å². The van der Waals surface area contributed by atoms with Gasteiger partial charge < -0.3 is 10.6 Å². The van der Waals surface area contributed by atoms with E-state index in [0.29, 0.717) is 6.54 Å². The van der Waals surface area contributed by atoms with E-state index >= 15 is 0 Å². The molecule has 0 fully saturated rings. The van der Waals surface area contributed by atoms with Gasteiger partial charge in [0.25, 0.3) is 0 Å². The molecule has 0 aliphatic heterocycles. The first kappa shape index (κ1) is 17.5. The molecule has 0 saturated heterocycles. The van der Waals surface area contributed by atoms with Gasteiger partial charge in [-0.1, -0.05) is 66.7 Å². The van der Waals surface area contributed by atoms with Crippen LogP contribution in [-0.4, -0.2) is 12.5 Å². The van der Waals surface area contributed by atoms with Crippen molar-refractivity contribution in [1.29, 1.82) is 0 Å². The predicted octanol–water partition coefficient (Wildman–Crippen LogP) is 5.06. The van der Waals surface area contributed by atoms with Crippen LogP contribution in [0.5, 0.6) is 0 Å². The maximum Gasteiger partial charge on any atom is 0.236 e. The molecule has 2 N–H and O–H groups in total. The predicted molar refractivity (Wildman–Crippen MR) is 108 cm³/mol. The minimum absolute atomic E-state index is 0.0470. The number of hydrogen-bond donors (Lipinski definition) is 2. The third-order valence-corrected chi connectivity index (χ3v) is 4.13. The average Bonchev–Trinajstić information content (AvgIpc) is 2.69. The van der Waals surface area contributed by atoms with E-state index in [1.165, 1.54) is 0 Å². The second kappa shape index (κ2) is 8.67. The van der Waals surface area contributed by atoms with E-state index in [9.17, 15) is 4.79 Å². The van der Waals surface area contributed by atoms with Crippen LogP contribution in [0.15, 0.2) is 97.6 Å². The number of anilines is 2. The minimum atomic E-state index is -0.351. The number of carbonyl (C=O) groups is 1. The summed E-state index contributed by atoms with van der Waals surface area (Å²) in [4.78, 5) is 13.0. The van der Waals surface area contributed by atoms with Crippen LogP contribution >= 0.6 is 0 Å². The highest BCUT2D eigenvalue weighted by Crippen LogP contribution is 2.26. The van der Waals surface area contributed by atoms with E-state index in [1.54, 1.807) is 6.08 Å². The fourth-order valence-electron chi connectivity index (χ4n) is 2.86. The van der Waals surface area contributed by atoms with Crippen LogP contribution in [-0.2, 0) is 4.79 Å². The lowest BCUT2D eigenvalue weighted by Crippen LogP contribution is -2.22. The van der Waals surface area contributed by atoms with Gasteiger partial charge in [-0.25, -0.2) is 0 Å². The largest absolute Gasteiger partial charge is 0.382 e. The van der Waals surface area contributed by atoms with Crippen LogP contribution < -0.4 is 10.6 Å². The Balaban J connectivity index is 1.81. The molecule has 0 aliphatic carbocycles. The summed E-state index contributed by atoms with van der Waals surface area (Å²) in [7, 11) is 0. The first-order valence-electron chi connectivity index (χ1n) is 8.63. The molecular weight excluding hydrogens is 320 g/mol. The number of nitrogens with one attached hydrogen (secondary N) is 2. The van der Waals surface area contributed by atoms with Crippen molar-refractivity contribution in [2.24, 2.45) is 0 Å². The maximum absolute atomic E-state index is 13.0. The Hall–Kier alpha value is -3.33. The zero-order chi connectivity index (χ0) is 18.2. The van der Waals surface area contributed by atoms with Crippen LogP contribution in [0.3, 0.4) is 0 Å². The lowest BCUT2D eigenvalue weighted by Gasteiger charge is -2.18. The van der Waals surface area contributed by atoms with Crippen LogP contribution in [0.1, 0.15) is 17.0 Å². The first-order valence-corrected chi connectivity index (χ1v) is 8.63. The van der Waals surface area contributed by atoms with Crippen molar-refractivity contribution in [3.63, 3.8) is 0 Å². The first-order chi connectivity index (χ1) is 12.8. The molecular formula is C23H22N2O. The van der Waals surface area contributed by atoms with Gasteiger partial charge in [-0.05, 0) is 35.4 Å². The fourth-order valence-corrected chi connectivity index (χ4v) is 2.86. The molecule has 0 radical (unpaired) electrons. The summed E-state index contributed by atoms with van der Waals surface area (Å²) >= 11 is 0. The molecule has 0 atom stereocenters. The standard InChI is InChI=1S/C23H22N2O/c1-2-17-24-20-13-15-21(16-14-20)25-23(26)22(18-9-5-3-6-10-18)19-11-7-4-8-12-19/h2-16,22,24H,1,17H2,(H,25,26). The topological polar surface area (TPSA) is 41.1 Å². The van der Waals surface area contributed by atoms with Crippen molar-refractivity contribution in [2.75, 3.05) is 17.2 Å². The molecule has 0 spiro atoms. The van der Waals surface area contributed by atoms with E-state index < -0.39 is 0 Å². The zero-order valence-corrected chi connectivity index (χ0v) is 14.6. The Morgan fingerprint density at radius 1 is 0.808 bits per heavy atom. The molecule has 0 heterocycles. The summed E-state index contributed by atoms with van der Waals surface area (Å²) < 4.78 is 0. The molecule has 3 aromatic rings. The van der Waals surface area contributed by atoms with Crippen molar-refractivity contribution >= 4 is 17.3 Å². The number of rotatable bonds is 7. The number of carbonyl (C=O) groups excluding carboxylic acids is 1. The molecule has 0 aliphatic rings. The number of amides is 1. The Kier molecular flexibility index (Phi) is 5.84. The van der Waals surface area contributed by atoms with Crippen molar-refractivity contribution in [3.8, 4) is 0 Å². The van der Waals surface area contributed by atoms with E-state index in [4.69, 9.17) is 0 Å². The number of hydrogen-bond acceptors (Lipinski definition) is 2. The highest BCUT2D eigenvalue weighted by Gasteiger charge is 2.22. The van der Waals surface area contributed by atoms with Crippen molar-refractivity contribution in [1.82, 2.24) is 0 Å². The zero-order valence-electron chi connectivity index (χ0n) is 14.6. The lowest BCUT2D eigenvalue weighted by atomic mass is 9.90. The maximum atomic E-state index is 13.0. The molecule has 0 bridgehead atoms. The van der Waals surface area contributed by atoms with E-state index in [2.05, 4.69) is 17.2 Å². The number of benzene rings is 3. The third kappa shape index (κ3) is 4.39. The Bertz CT molecular complexity index is 803. The summed E-state index contributed by atoms with van der Waals surface area (Å²) in [5.41, 5.74) is 3.71. The molecule has 3 aromatic carbocycles. The Labute approximate surface area is 154 Å². The fraction of sp³-hybridized carbons (Fsp3) is 0.0870. The normalized spacial score (nSPS) is 10.3. The summed E-state index contributed by atoms with van der Waals surface area (Å²) in [6.07, 6.45) is 1.81. The monoisotopic (exact) mass is 342 g/mol. The lowest BCUT2D eigenvalue weighted by molar-refractivity contribution is -0.116. The molecule has 130 valence electrons. The highest BCUT2D eigenvalue weighted by atomic mass is 16.1. The van der Waals surface area contributed by atoms with Gasteiger partial charge in [0, 0.05) is 17.9 Å². The van der Waals surface area contributed by atoms with Gasteiger partial charge in [0.15, 0.2) is 0 Å². The van der Waals surface area contributed by atoms with Gasteiger partial charge in [0.2, 0.25) is 5.91 Å². The molecule has 26 heavy (non-hydrogen) atoms. The average molecular weight is 342 g/mol. The second-order valence-electron chi connectivity index (χ2n) is 5.99. The highest BCUT2D eigenvalue weighted by molar-refractivity contribution is 5.98. The van der Waals surface area contributed by atoms with Crippen LogP contribution in [0, 0.1) is 0 Å². The molecule has 1 amide bonds. The van der Waals surface area contributed by atoms with Gasteiger partial charge in [0.05, 0.1) is 5.92 Å². The van der Waals surface area contributed by atoms with Crippen molar-refractivity contribution in [3.05, 3.63) is 109 Å². The van der Waals surface area contributed by atoms with Crippen LogP contribution in [0.2, 0.25) is 0 Å². The Morgan fingerprint density at radius 3 is 1.81 bits per heavy atom. The summed E-state index contributed by atoms with van der Waals surface area (Å²) in [5, 5.41) is 6.25. The van der Waals surface area contributed by atoms with E-state index in [0.717, 1.165) is 22.5 Å². The van der Waals surface area contributed by atoms with Crippen molar-refractivity contribution < 1.29 is 4.79 Å². The Morgan fingerprint density at radius 2 is 1.31 bits per heavy atom. The molecule has 3 rings (SSSR count). The summed E-state index contributed by atoms with van der Waals surface area (Å²) in [6, 6.07) is 27.4. The third-order valence-electron chi connectivity index (χ3n) is 4.13. The van der Waals surface area contributed by atoms with Gasteiger partial charge >= 0.3 is 0 Å². The SMILES string of the molecule is C=CCNc1ccc(NC(=O)C(c2ccccc2)c2ccccc2)cc1. The van der Waals surface area contributed by atoms with Gasteiger partial charge in [-0.15, -0.1) is 6.58 Å². The van der Waals surface area contributed by atoms with E-state index in [-0.39, 0.29) is 11.8 Å². The van der Waals surface area contributed by atoms with Crippen LogP contribution in [0.4, 0.5) is 11.4 Å². The molecule has 3 nitrogen and oxygen atoms in total. The summed E-state index contributed by atoms with van der Waals surface area (Å²) in [5.74, 6) is -0.398. The smallest absolute Gasteiger partial charge is 0.236 e. The van der Waals surface area contributed by atoms with Gasteiger partial charge in [-0.2, -0.15) is 0 Å². The van der Waals surface area contributed by atoms with Gasteiger partial charge in [-0.3, -0.25) is 4.79 Å². The van der Waals surface area contributed by atoms with Crippen LogP contribution in [0.25, 0.3) is 0 Å². The molecule has 3 heteroatoms. The molecule has 0 aromatic heterocycles. The summed E-state index contributed by atoms with van der Waals surface area (Å²) in [6.45, 7) is 4.39. The minimum Gasteiger partial charge on any atom is -0.382 e. The second-order valence-corrected chi connectivity index (χ2v) is 5.99. The quantitative estimate of drug-likeness (QED) is 0.590. The van der Waals surface area contributed by atoms with Crippen molar-refractivity contribution in [2.45, 2.75) is 5.92 Å². The van der Waals surface area contributed by atoms with Gasteiger partial charge in [0.1, 0.15) is 0 Å². The molecule has 0 unspecified atom stereocenters.